The van der Waals surface area contributed by atoms with Gasteiger partial charge in [-0.1, -0.05) is 41.4 Å². The Bertz CT molecular complexity index is 1140. The summed E-state index contributed by atoms with van der Waals surface area (Å²) in [5, 5.41) is 8.46. The van der Waals surface area contributed by atoms with Crippen molar-refractivity contribution in [3.8, 4) is 5.75 Å². The minimum atomic E-state index is -1.48. The van der Waals surface area contributed by atoms with Crippen LogP contribution in [0.3, 0.4) is 0 Å². The van der Waals surface area contributed by atoms with Crippen molar-refractivity contribution >= 4 is 51.9 Å². The zero-order valence-electron chi connectivity index (χ0n) is 17.7. The molecule has 1 N–H and O–H groups in total. The summed E-state index contributed by atoms with van der Waals surface area (Å²) in [6.45, 7) is 5.08. The smallest absolute Gasteiger partial charge is 0.270 e. The van der Waals surface area contributed by atoms with Crippen LogP contribution in [0, 0.1) is 6.92 Å². The van der Waals surface area contributed by atoms with Crippen LogP contribution in [0.1, 0.15) is 25.0 Å². The summed E-state index contributed by atoms with van der Waals surface area (Å²) in [5.74, 6) is -0.475. The second-order valence-electron chi connectivity index (χ2n) is 7.42. The number of thioether (sulfide) groups is 1. The topological polar surface area (TPSA) is 91.3 Å². The molecule has 2 aromatic rings. The Morgan fingerprint density at radius 1 is 1.19 bits per heavy atom. The number of hydrazone groups is 1. The summed E-state index contributed by atoms with van der Waals surface area (Å²) in [5.41, 5.74) is 2.16. The molecule has 2 aliphatic rings. The van der Waals surface area contributed by atoms with E-state index in [0.29, 0.717) is 22.0 Å². The number of rotatable bonds is 4. The van der Waals surface area contributed by atoms with Crippen molar-refractivity contribution in [2.24, 2.45) is 5.10 Å². The summed E-state index contributed by atoms with van der Waals surface area (Å²) in [6, 6.07) is 12.8. The molecule has 32 heavy (non-hydrogen) atoms. The summed E-state index contributed by atoms with van der Waals surface area (Å²) < 4.78 is 5.82. The fourth-order valence-electron chi connectivity index (χ4n) is 3.73. The molecule has 10 heteroatoms. The maximum atomic E-state index is 13.8. The molecule has 0 saturated carbocycles. The van der Waals surface area contributed by atoms with E-state index in [2.05, 4.69) is 10.4 Å². The van der Waals surface area contributed by atoms with E-state index >= 15 is 0 Å². The molecule has 0 saturated heterocycles. The van der Waals surface area contributed by atoms with Crippen molar-refractivity contribution in [1.82, 2.24) is 10.3 Å². The van der Waals surface area contributed by atoms with Crippen molar-refractivity contribution in [2.45, 2.75) is 25.6 Å². The fourth-order valence-corrected chi connectivity index (χ4v) is 5.33. The van der Waals surface area contributed by atoms with Crippen LogP contribution in [0.2, 0.25) is 5.02 Å². The first-order valence-corrected chi connectivity index (χ1v) is 11.1. The van der Waals surface area contributed by atoms with Gasteiger partial charge in [0.15, 0.2) is 5.17 Å². The van der Waals surface area contributed by atoms with Gasteiger partial charge < -0.3 is 15.0 Å². The van der Waals surface area contributed by atoms with Crippen LogP contribution < -0.4 is 15.0 Å². The molecule has 2 aromatic carbocycles. The third-order valence-corrected chi connectivity index (χ3v) is 6.62. The maximum absolute atomic E-state index is 13.8. The molecule has 8 nitrogen and oxygen atoms in total. The van der Waals surface area contributed by atoms with E-state index in [1.54, 1.807) is 18.2 Å². The van der Waals surface area contributed by atoms with Gasteiger partial charge in [-0.05, 0) is 36.9 Å². The molecule has 0 fully saturated rings. The number of ether oxygens (including phenoxy) is 1. The van der Waals surface area contributed by atoms with E-state index in [1.807, 2.05) is 31.2 Å². The van der Waals surface area contributed by atoms with E-state index in [0.717, 1.165) is 22.3 Å². The summed E-state index contributed by atoms with van der Waals surface area (Å²) in [7, 11) is 0. The number of carbonyl (C=O) groups is 3. The minimum Gasteiger partial charge on any atom is -0.492 e. The second-order valence-corrected chi connectivity index (χ2v) is 9.01. The molecule has 1 atom stereocenters. The Labute approximate surface area is 194 Å². The highest BCUT2D eigenvalue weighted by Crippen LogP contribution is 2.55. The van der Waals surface area contributed by atoms with Crippen molar-refractivity contribution in [1.29, 1.82) is 0 Å². The predicted octanol–water partition coefficient (Wildman–Crippen LogP) is 3.23. The highest BCUT2D eigenvalue weighted by atomic mass is 35.5. The highest BCUT2D eigenvalue weighted by molar-refractivity contribution is 8.15. The van der Waals surface area contributed by atoms with Gasteiger partial charge in [0.2, 0.25) is 16.7 Å². The number of amides is 3. The quantitative estimate of drug-likeness (QED) is 0.737. The number of halogens is 1. The SMILES string of the molecule is CC(=O)NC1=NN(C(C)=O)[C@@]2(S1)C(=O)N(CCOc1ccc(C)cc1)c1c(Cl)cccc12. The molecule has 2 aliphatic heterocycles. The highest BCUT2D eigenvalue weighted by Gasteiger charge is 2.61. The lowest BCUT2D eigenvalue weighted by molar-refractivity contribution is -0.139. The number of nitrogens with zero attached hydrogens (tertiary/aromatic N) is 3. The van der Waals surface area contributed by atoms with Crippen LogP contribution in [0.25, 0.3) is 0 Å². The molecule has 0 aromatic heterocycles. The molecule has 166 valence electrons. The lowest BCUT2D eigenvalue weighted by Gasteiger charge is -2.29. The predicted molar refractivity (Wildman–Crippen MR) is 124 cm³/mol. The van der Waals surface area contributed by atoms with Crippen LogP contribution >= 0.6 is 23.4 Å². The van der Waals surface area contributed by atoms with Crippen molar-refractivity contribution in [2.75, 3.05) is 18.1 Å². The monoisotopic (exact) mass is 472 g/mol. The molecule has 0 radical (unpaired) electrons. The van der Waals surface area contributed by atoms with Crippen LogP contribution in [0.15, 0.2) is 47.6 Å². The molecule has 1 spiro atoms. The molecular formula is C22H21ClN4O4S. The van der Waals surface area contributed by atoms with Crippen molar-refractivity contribution < 1.29 is 19.1 Å². The number of aryl methyl sites for hydroxylation is 1. The zero-order valence-corrected chi connectivity index (χ0v) is 19.3. The number of para-hydroxylation sites is 1. The number of nitrogens with one attached hydrogen (secondary N) is 1. The van der Waals surface area contributed by atoms with Crippen LogP contribution in [0.4, 0.5) is 5.69 Å². The molecular weight excluding hydrogens is 452 g/mol. The first kappa shape index (κ1) is 22.2. The second kappa shape index (κ2) is 8.48. The average Bonchev–Trinajstić information content (AvgIpc) is 3.22. The normalized spacial score (nSPS) is 19.2. The van der Waals surface area contributed by atoms with Crippen molar-refractivity contribution in [3.63, 3.8) is 0 Å². The molecule has 4 rings (SSSR count). The minimum absolute atomic E-state index is 0.171. The average molecular weight is 473 g/mol. The fraction of sp³-hybridized carbons (Fsp3) is 0.273. The Morgan fingerprint density at radius 2 is 1.91 bits per heavy atom. The number of hydrogen-bond donors (Lipinski definition) is 1. The van der Waals surface area contributed by atoms with Gasteiger partial charge in [0.25, 0.3) is 5.91 Å². The van der Waals surface area contributed by atoms with Crippen LogP contribution in [0.5, 0.6) is 5.75 Å². The lowest BCUT2D eigenvalue weighted by atomic mass is 10.1. The standard InChI is InChI=1S/C22H21ClN4O4S/c1-13-7-9-16(10-8-13)31-12-11-26-19-17(5-4-6-18(19)23)22(20(26)30)27(15(3)29)25-21(32-22)24-14(2)28/h4-10H,11-12H2,1-3H3,(H,24,25,28)/t22-/m0/s1. The first-order chi connectivity index (χ1) is 15.2. The van der Waals surface area contributed by atoms with Crippen LogP contribution in [-0.2, 0) is 19.3 Å². The summed E-state index contributed by atoms with van der Waals surface area (Å²) >= 11 is 7.51. The third-order valence-electron chi connectivity index (χ3n) is 5.08. The number of carbonyl (C=O) groups excluding carboxylic acids is 3. The number of hydrogen-bond acceptors (Lipinski definition) is 6. The Morgan fingerprint density at radius 3 is 2.56 bits per heavy atom. The van der Waals surface area contributed by atoms with Gasteiger partial charge >= 0.3 is 0 Å². The van der Waals surface area contributed by atoms with Gasteiger partial charge in [-0.25, -0.2) is 0 Å². The van der Waals surface area contributed by atoms with Gasteiger partial charge in [-0.15, -0.1) is 5.10 Å². The Balaban J connectivity index is 1.66. The zero-order chi connectivity index (χ0) is 23.0. The molecule has 0 aliphatic carbocycles. The Kier molecular flexibility index (Phi) is 5.87. The first-order valence-electron chi connectivity index (χ1n) is 9.90. The largest absolute Gasteiger partial charge is 0.492 e. The van der Waals surface area contributed by atoms with Crippen LogP contribution in [-0.4, -0.2) is 41.0 Å². The van der Waals surface area contributed by atoms with Gasteiger partial charge in [0.05, 0.1) is 17.3 Å². The lowest BCUT2D eigenvalue weighted by Crippen LogP contribution is -2.49. The molecule has 0 bridgehead atoms. The molecule has 3 amide bonds. The number of anilines is 1. The van der Waals surface area contributed by atoms with E-state index in [4.69, 9.17) is 16.3 Å². The summed E-state index contributed by atoms with van der Waals surface area (Å²) in [4.78, 5) is 37.9. The van der Waals surface area contributed by atoms with Crippen molar-refractivity contribution in [3.05, 3.63) is 58.6 Å². The molecule has 0 unspecified atom stereocenters. The van der Waals surface area contributed by atoms with E-state index < -0.39 is 10.8 Å². The number of fused-ring (bicyclic) bond motifs is 2. The molecule has 2 heterocycles. The van der Waals surface area contributed by atoms with Gasteiger partial charge in [-0.3, -0.25) is 14.4 Å². The maximum Gasteiger partial charge on any atom is 0.270 e. The van der Waals surface area contributed by atoms with E-state index in [9.17, 15) is 14.4 Å². The van der Waals surface area contributed by atoms with Gasteiger partial charge in [0, 0.05) is 19.4 Å². The number of benzene rings is 2. The third kappa shape index (κ3) is 3.71. The Hall–Kier alpha value is -3.04. The van der Waals surface area contributed by atoms with Gasteiger partial charge in [0.1, 0.15) is 12.4 Å². The summed E-state index contributed by atoms with van der Waals surface area (Å²) in [6.07, 6.45) is 0. The van der Waals surface area contributed by atoms with E-state index in [-0.39, 0.29) is 30.1 Å². The number of amidine groups is 1. The van der Waals surface area contributed by atoms with Gasteiger partial charge in [-0.2, -0.15) is 5.01 Å². The van der Waals surface area contributed by atoms with E-state index in [1.165, 1.54) is 18.7 Å².